The van der Waals surface area contributed by atoms with Gasteiger partial charge in [-0.1, -0.05) is 0 Å². The summed E-state index contributed by atoms with van der Waals surface area (Å²) in [6, 6.07) is 7.84. The van der Waals surface area contributed by atoms with E-state index in [0.29, 0.717) is 17.4 Å². The van der Waals surface area contributed by atoms with Crippen LogP contribution in [0.3, 0.4) is 0 Å². The molecular weight excluding hydrogens is 405 g/mol. The zero-order valence-corrected chi connectivity index (χ0v) is 18.1. The van der Waals surface area contributed by atoms with E-state index >= 15 is 0 Å². The first-order chi connectivity index (χ1) is 12.2. The molecule has 3 rings (SSSR count). The number of aromatic nitrogens is 1. The summed E-state index contributed by atoms with van der Waals surface area (Å²) >= 11 is 1.45. The van der Waals surface area contributed by atoms with Gasteiger partial charge in [-0.05, 0) is 70.0 Å². The van der Waals surface area contributed by atoms with Crippen molar-refractivity contribution in [1.82, 2.24) is 15.6 Å². The Morgan fingerprint density at radius 3 is 2.70 bits per heavy atom. The van der Waals surface area contributed by atoms with E-state index in [2.05, 4.69) is 15.6 Å². The standard InChI is InChI=1S/C19H25N3O2S.2ClH/c1-3-24-16-6-4-15(5-7-16)19-22-13(2)17(25-19)18(23)21-11-9-14-8-10-20-12-14;;/h4-7,14,20H,3,8-12H2,1-2H3,(H,21,23);2*1H. The first kappa shape index (κ1) is 23.7. The van der Waals surface area contributed by atoms with E-state index in [1.54, 1.807) is 0 Å². The summed E-state index contributed by atoms with van der Waals surface area (Å²) in [7, 11) is 0. The normalized spacial score (nSPS) is 15.6. The maximum Gasteiger partial charge on any atom is 0.263 e. The molecule has 1 atom stereocenters. The highest BCUT2D eigenvalue weighted by molar-refractivity contribution is 7.17. The molecule has 1 saturated heterocycles. The van der Waals surface area contributed by atoms with E-state index in [-0.39, 0.29) is 30.7 Å². The van der Waals surface area contributed by atoms with E-state index < -0.39 is 0 Å². The van der Waals surface area contributed by atoms with Gasteiger partial charge in [-0.15, -0.1) is 36.2 Å². The second-order valence-corrected chi connectivity index (χ2v) is 7.29. The predicted molar refractivity (Wildman–Crippen MR) is 116 cm³/mol. The van der Waals surface area contributed by atoms with Gasteiger partial charge in [0.2, 0.25) is 0 Å². The van der Waals surface area contributed by atoms with Crippen LogP contribution in [0.15, 0.2) is 24.3 Å². The molecule has 1 aliphatic heterocycles. The van der Waals surface area contributed by atoms with Gasteiger partial charge in [0.25, 0.3) is 5.91 Å². The van der Waals surface area contributed by atoms with Crippen LogP contribution < -0.4 is 15.4 Å². The fourth-order valence-electron chi connectivity index (χ4n) is 3.02. The Kier molecular flexibility index (Phi) is 10.1. The molecule has 1 aliphatic rings. The summed E-state index contributed by atoms with van der Waals surface area (Å²) in [5.41, 5.74) is 1.79. The highest BCUT2D eigenvalue weighted by Gasteiger charge is 2.18. The first-order valence-electron chi connectivity index (χ1n) is 8.87. The molecule has 0 radical (unpaired) electrons. The van der Waals surface area contributed by atoms with Crippen LogP contribution in [0.5, 0.6) is 5.75 Å². The van der Waals surface area contributed by atoms with Crippen LogP contribution in [-0.2, 0) is 0 Å². The number of nitrogens with one attached hydrogen (secondary N) is 2. The molecule has 8 heteroatoms. The summed E-state index contributed by atoms with van der Waals surface area (Å²) in [5, 5.41) is 7.26. The number of thiazole rings is 1. The number of hydrogen-bond acceptors (Lipinski definition) is 5. The van der Waals surface area contributed by atoms with Crippen LogP contribution in [0.1, 0.15) is 35.1 Å². The summed E-state index contributed by atoms with van der Waals surface area (Å²) in [6.45, 7) is 7.39. The van der Waals surface area contributed by atoms with E-state index in [1.165, 1.54) is 17.8 Å². The van der Waals surface area contributed by atoms with E-state index in [4.69, 9.17) is 4.74 Å². The Hall–Kier alpha value is -1.34. The van der Waals surface area contributed by atoms with E-state index in [0.717, 1.165) is 48.1 Å². The SMILES string of the molecule is CCOc1ccc(-c2nc(C)c(C(=O)NCCC3CCNC3)s2)cc1.Cl.Cl. The van der Waals surface area contributed by atoms with Gasteiger partial charge in [-0.25, -0.2) is 4.98 Å². The lowest BCUT2D eigenvalue weighted by atomic mass is 10.1. The largest absolute Gasteiger partial charge is 0.494 e. The maximum atomic E-state index is 12.4. The topological polar surface area (TPSA) is 63.2 Å². The summed E-state index contributed by atoms with van der Waals surface area (Å²) in [6.07, 6.45) is 2.24. The van der Waals surface area contributed by atoms with E-state index in [9.17, 15) is 4.79 Å². The number of carbonyl (C=O) groups is 1. The molecule has 5 nitrogen and oxygen atoms in total. The van der Waals surface area contributed by atoms with Crippen molar-refractivity contribution in [3.05, 3.63) is 34.8 Å². The van der Waals surface area contributed by atoms with Crippen molar-refractivity contribution in [2.45, 2.75) is 26.7 Å². The van der Waals surface area contributed by atoms with Gasteiger partial charge < -0.3 is 15.4 Å². The number of ether oxygens (including phenoxy) is 1. The predicted octanol–water partition coefficient (Wildman–Crippen LogP) is 4.09. The van der Waals surface area contributed by atoms with Gasteiger partial charge in [0.15, 0.2) is 0 Å². The Morgan fingerprint density at radius 2 is 2.07 bits per heavy atom. The molecular formula is C19H27Cl2N3O2S. The third-order valence-corrected chi connectivity index (χ3v) is 5.62. The summed E-state index contributed by atoms with van der Waals surface area (Å²) in [5.74, 6) is 1.51. The number of amides is 1. The monoisotopic (exact) mass is 431 g/mol. The van der Waals surface area contributed by atoms with Crippen LogP contribution in [0.2, 0.25) is 0 Å². The Labute approximate surface area is 177 Å². The van der Waals surface area contributed by atoms with Crippen LogP contribution in [0.4, 0.5) is 0 Å². The number of nitrogens with zero attached hydrogens (tertiary/aromatic N) is 1. The summed E-state index contributed by atoms with van der Waals surface area (Å²) < 4.78 is 5.46. The fourth-order valence-corrected chi connectivity index (χ4v) is 4.01. The zero-order chi connectivity index (χ0) is 17.6. The molecule has 0 spiro atoms. The van der Waals surface area contributed by atoms with Crippen LogP contribution in [0, 0.1) is 12.8 Å². The van der Waals surface area contributed by atoms with E-state index in [1.807, 2.05) is 38.1 Å². The molecule has 0 saturated carbocycles. The number of carbonyl (C=O) groups excluding carboxylic acids is 1. The third-order valence-electron chi connectivity index (χ3n) is 4.42. The minimum atomic E-state index is -0.0156. The van der Waals surface area contributed by atoms with Crippen molar-refractivity contribution < 1.29 is 9.53 Å². The van der Waals surface area contributed by atoms with Crippen molar-refractivity contribution in [2.75, 3.05) is 26.2 Å². The maximum absolute atomic E-state index is 12.4. The van der Waals surface area contributed by atoms with Gasteiger partial charge in [0.05, 0.1) is 12.3 Å². The number of hydrogen-bond donors (Lipinski definition) is 2. The quantitative estimate of drug-likeness (QED) is 0.692. The minimum Gasteiger partial charge on any atom is -0.494 e. The van der Waals surface area contributed by atoms with Gasteiger partial charge in [0.1, 0.15) is 15.6 Å². The lowest BCUT2D eigenvalue weighted by Crippen LogP contribution is -2.26. The molecule has 150 valence electrons. The number of benzene rings is 1. The Balaban J connectivity index is 0.00000182. The smallest absolute Gasteiger partial charge is 0.263 e. The average molecular weight is 432 g/mol. The highest BCUT2D eigenvalue weighted by Crippen LogP contribution is 2.29. The van der Waals surface area contributed by atoms with Crippen molar-refractivity contribution in [1.29, 1.82) is 0 Å². The first-order valence-corrected chi connectivity index (χ1v) is 9.68. The molecule has 27 heavy (non-hydrogen) atoms. The molecule has 1 aromatic carbocycles. The number of rotatable bonds is 7. The second-order valence-electron chi connectivity index (χ2n) is 6.29. The van der Waals surface area contributed by atoms with Crippen LogP contribution >= 0.6 is 36.2 Å². The molecule has 2 aromatic rings. The lowest BCUT2D eigenvalue weighted by Gasteiger charge is -2.08. The number of halogens is 2. The van der Waals surface area contributed by atoms with Crippen LogP contribution in [0.25, 0.3) is 10.6 Å². The minimum absolute atomic E-state index is 0. The molecule has 2 heterocycles. The van der Waals surface area contributed by atoms with Crippen molar-refractivity contribution >= 4 is 42.1 Å². The highest BCUT2D eigenvalue weighted by atomic mass is 35.5. The molecule has 1 amide bonds. The van der Waals surface area contributed by atoms with Gasteiger partial charge in [-0.3, -0.25) is 4.79 Å². The molecule has 1 fully saturated rings. The second kappa shape index (κ2) is 11.5. The van der Waals surface area contributed by atoms with Crippen LogP contribution in [-0.4, -0.2) is 37.1 Å². The van der Waals surface area contributed by atoms with Gasteiger partial charge in [-0.2, -0.15) is 0 Å². The zero-order valence-electron chi connectivity index (χ0n) is 15.6. The molecule has 1 unspecified atom stereocenters. The lowest BCUT2D eigenvalue weighted by molar-refractivity contribution is 0.0955. The fraction of sp³-hybridized carbons (Fsp3) is 0.474. The molecule has 2 N–H and O–H groups in total. The van der Waals surface area contributed by atoms with Gasteiger partial charge in [0, 0.05) is 12.1 Å². The molecule has 1 aromatic heterocycles. The van der Waals surface area contributed by atoms with Crippen molar-refractivity contribution in [2.24, 2.45) is 5.92 Å². The molecule has 0 bridgehead atoms. The van der Waals surface area contributed by atoms with Gasteiger partial charge >= 0.3 is 0 Å². The Bertz CT molecular complexity index is 716. The number of aryl methyl sites for hydroxylation is 1. The molecule has 0 aliphatic carbocycles. The Morgan fingerprint density at radius 1 is 1.33 bits per heavy atom. The average Bonchev–Trinajstić information content (AvgIpc) is 3.25. The third kappa shape index (κ3) is 6.35. The van der Waals surface area contributed by atoms with Crippen molar-refractivity contribution in [3.63, 3.8) is 0 Å². The van der Waals surface area contributed by atoms with Crippen molar-refractivity contribution in [3.8, 4) is 16.3 Å². The summed E-state index contributed by atoms with van der Waals surface area (Å²) in [4.78, 5) is 17.7.